The highest BCUT2D eigenvalue weighted by atomic mass is 32.2. The number of benzene rings is 1. The number of aryl methyl sites for hydroxylation is 1. The van der Waals surface area contributed by atoms with Crippen molar-refractivity contribution in [2.24, 2.45) is 5.41 Å². The molecule has 1 spiro atoms. The molecular weight excluding hydrogens is 426 g/mol. The molecule has 1 aromatic heterocycles. The zero-order valence-electron chi connectivity index (χ0n) is 17.1. The Balaban J connectivity index is 1.44. The van der Waals surface area contributed by atoms with Crippen LogP contribution in [0, 0.1) is 17.7 Å². The molecule has 11 heteroatoms. The van der Waals surface area contributed by atoms with Gasteiger partial charge in [0.1, 0.15) is 11.5 Å². The summed E-state index contributed by atoms with van der Waals surface area (Å²) in [6, 6.07) is 6.84. The van der Waals surface area contributed by atoms with Crippen LogP contribution in [-0.2, 0) is 10.0 Å². The Labute approximate surface area is 179 Å². The van der Waals surface area contributed by atoms with Gasteiger partial charge in [-0.3, -0.25) is 0 Å². The van der Waals surface area contributed by atoms with Crippen LogP contribution in [0.25, 0.3) is 0 Å². The highest BCUT2D eigenvalue weighted by Crippen LogP contribution is 2.43. The first-order valence-corrected chi connectivity index (χ1v) is 11.4. The lowest BCUT2D eigenvalue weighted by Crippen LogP contribution is -2.59. The molecule has 0 unspecified atom stereocenters. The predicted octanol–water partition coefficient (Wildman–Crippen LogP) is 2.36. The maximum Gasteiger partial charge on any atom is 0.255 e. The molecule has 8 nitrogen and oxygen atoms in total. The molecule has 0 saturated carbocycles. The third-order valence-electron chi connectivity index (χ3n) is 5.79. The van der Waals surface area contributed by atoms with Crippen LogP contribution in [0.15, 0.2) is 35.4 Å². The van der Waals surface area contributed by atoms with Gasteiger partial charge in [-0.1, -0.05) is 17.7 Å². The molecule has 2 fully saturated rings. The fourth-order valence-electron chi connectivity index (χ4n) is 4.07. The molecular formula is C20H24F2N6O2S. The van der Waals surface area contributed by atoms with E-state index in [2.05, 4.69) is 15.3 Å². The van der Waals surface area contributed by atoms with Crippen molar-refractivity contribution in [3.8, 4) is 0 Å². The molecule has 3 heterocycles. The summed E-state index contributed by atoms with van der Waals surface area (Å²) in [4.78, 5) is 10.8. The number of rotatable bonds is 7. The van der Waals surface area contributed by atoms with E-state index in [0.29, 0.717) is 36.9 Å². The van der Waals surface area contributed by atoms with E-state index < -0.39 is 23.0 Å². The Morgan fingerprint density at radius 1 is 1.26 bits per heavy atom. The van der Waals surface area contributed by atoms with Gasteiger partial charge in [0.15, 0.2) is 5.82 Å². The summed E-state index contributed by atoms with van der Waals surface area (Å²) in [7, 11) is -3.51. The van der Waals surface area contributed by atoms with Gasteiger partial charge in [-0.2, -0.15) is 4.31 Å². The van der Waals surface area contributed by atoms with Crippen molar-refractivity contribution in [3.05, 3.63) is 41.7 Å². The summed E-state index contributed by atoms with van der Waals surface area (Å²) < 4.78 is 52.3. The van der Waals surface area contributed by atoms with Crippen molar-refractivity contribution >= 4 is 27.9 Å². The molecule has 2 aliphatic heterocycles. The van der Waals surface area contributed by atoms with Crippen molar-refractivity contribution in [2.45, 2.75) is 24.7 Å². The second kappa shape index (κ2) is 8.12. The van der Waals surface area contributed by atoms with Crippen LogP contribution in [0.3, 0.4) is 0 Å². The molecule has 166 valence electrons. The first kappa shape index (κ1) is 21.6. The summed E-state index contributed by atoms with van der Waals surface area (Å²) in [5, 5.41) is 9.92. The third kappa shape index (κ3) is 4.24. The summed E-state index contributed by atoms with van der Waals surface area (Å²) in [5.74, 6) is 0.671. The molecule has 0 atom stereocenters. The summed E-state index contributed by atoms with van der Waals surface area (Å²) in [5.41, 5.74) is 1.04. The summed E-state index contributed by atoms with van der Waals surface area (Å²) in [6.07, 6.45) is 0.749. The molecule has 1 aromatic carbocycles. The molecule has 0 radical (unpaired) electrons. The lowest BCUT2D eigenvalue weighted by Gasteiger charge is -2.46. The topological polar surface area (TPSA) is 102 Å². The number of hydrogen-bond donors (Lipinski definition) is 2. The van der Waals surface area contributed by atoms with Gasteiger partial charge in [-0.15, -0.1) is 0 Å². The number of nitrogens with one attached hydrogen (secondary N) is 2. The van der Waals surface area contributed by atoms with Crippen LogP contribution in [0.2, 0.25) is 0 Å². The average molecular weight is 451 g/mol. The van der Waals surface area contributed by atoms with Crippen molar-refractivity contribution in [3.63, 3.8) is 0 Å². The Morgan fingerprint density at radius 2 is 1.97 bits per heavy atom. The molecule has 2 saturated heterocycles. The standard InChI is InChI=1S/C20H24F2N6O2S/c1-14-2-4-15(5-3-14)31(29,30)28-12-20(13-28)6-7-27(11-20)18-10-24-16(8-23)19(26-18)25-9-17(21)22/h2-5,8,10,17,23H,6-7,9,11-13H2,1H3,(H,25,26). The number of halogens is 2. The van der Waals surface area contributed by atoms with Crippen LogP contribution in [-0.4, -0.2) is 68.1 Å². The Morgan fingerprint density at radius 3 is 2.61 bits per heavy atom. The van der Waals surface area contributed by atoms with Crippen molar-refractivity contribution in [2.75, 3.05) is 42.9 Å². The number of alkyl halides is 2. The Hall–Kier alpha value is -2.66. The van der Waals surface area contributed by atoms with E-state index in [1.807, 2.05) is 11.8 Å². The maximum absolute atomic E-state index is 12.9. The molecule has 31 heavy (non-hydrogen) atoms. The van der Waals surface area contributed by atoms with Crippen LogP contribution in [0.1, 0.15) is 17.7 Å². The van der Waals surface area contributed by atoms with Crippen LogP contribution in [0.4, 0.5) is 20.4 Å². The minimum Gasteiger partial charge on any atom is -0.362 e. The van der Waals surface area contributed by atoms with E-state index in [9.17, 15) is 17.2 Å². The highest BCUT2D eigenvalue weighted by Gasteiger charge is 2.52. The minimum absolute atomic E-state index is 0.144. The van der Waals surface area contributed by atoms with Crippen LogP contribution in [0.5, 0.6) is 0 Å². The molecule has 2 aromatic rings. The minimum atomic E-state index is -3.51. The van der Waals surface area contributed by atoms with Gasteiger partial charge < -0.3 is 15.6 Å². The third-order valence-corrected chi connectivity index (χ3v) is 7.60. The molecule has 2 N–H and O–H groups in total. The molecule has 2 aliphatic rings. The van der Waals surface area contributed by atoms with E-state index in [0.717, 1.165) is 18.2 Å². The largest absolute Gasteiger partial charge is 0.362 e. The zero-order valence-corrected chi connectivity index (χ0v) is 17.9. The molecule has 0 aliphatic carbocycles. The zero-order chi connectivity index (χ0) is 22.2. The number of nitrogens with zero attached hydrogens (tertiary/aromatic N) is 4. The fourth-order valence-corrected chi connectivity index (χ4v) is 5.74. The van der Waals surface area contributed by atoms with Gasteiger partial charge in [0.2, 0.25) is 10.0 Å². The Bertz CT molecular complexity index is 1070. The van der Waals surface area contributed by atoms with Crippen molar-refractivity contribution in [1.29, 1.82) is 5.41 Å². The lowest BCUT2D eigenvalue weighted by atomic mass is 9.81. The summed E-state index contributed by atoms with van der Waals surface area (Å²) in [6.45, 7) is 3.48. The van der Waals surface area contributed by atoms with E-state index in [-0.39, 0.29) is 16.9 Å². The number of sulfonamides is 1. The Kier molecular flexibility index (Phi) is 5.65. The van der Waals surface area contributed by atoms with E-state index in [1.54, 1.807) is 24.3 Å². The predicted molar refractivity (Wildman–Crippen MR) is 114 cm³/mol. The second-order valence-corrected chi connectivity index (χ2v) is 10.1. The molecule has 0 amide bonds. The molecule has 0 bridgehead atoms. The fraction of sp³-hybridized carbons (Fsp3) is 0.450. The van der Waals surface area contributed by atoms with Gasteiger partial charge in [0.25, 0.3) is 6.43 Å². The molecule has 4 rings (SSSR count). The first-order valence-electron chi connectivity index (χ1n) is 9.94. The monoisotopic (exact) mass is 450 g/mol. The van der Waals surface area contributed by atoms with Gasteiger partial charge >= 0.3 is 0 Å². The smallest absolute Gasteiger partial charge is 0.255 e. The average Bonchev–Trinajstić information content (AvgIpc) is 3.17. The van der Waals surface area contributed by atoms with Gasteiger partial charge in [0, 0.05) is 37.8 Å². The van der Waals surface area contributed by atoms with E-state index in [1.165, 1.54) is 10.5 Å². The lowest BCUT2D eigenvalue weighted by molar-refractivity contribution is 0.0936. The normalized spacial score (nSPS) is 18.4. The summed E-state index contributed by atoms with van der Waals surface area (Å²) >= 11 is 0. The van der Waals surface area contributed by atoms with Gasteiger partial charge in [0.05, 0.1) is 17.6 Å². The number of anilines is 2. The van der Waals surface area contributed by atoms with Crippen LogP contribution >= 0.6 is 0 Å². The van der Waals surface area contributed by atoms with Gasteiger partial charge in [-0.05, 0) is 25.5 Å². The first-order chi connectivity index (χ1) is 14.7. The van der Waals surface area contributed by atoms with Crippen molar-refractivity contribution in [1.82, 2.24) is 14.3 Å². The number of aromatic nitrogens is 2. The second-order valence-electron chi connectivity index (χ2n) is 8.14. The number of hydrogen-bond acceptors (Lipinski definition) is 7. The quantitative estimate of drug-likeness (QED) is 0.628. The highest BCUT2D eigenvalue weighted by molar-refractivity contribution is 7.89. The van der Waals surface area contributed by atoms with E-state index in [4.69, 9.17) is 5.41 Å². The maximum atomic E-state index is 12.9. The van der Waals surface area contributed by atoms with E-state index >= 15 is 0 Å². The van der Waals surface area contributed by atoms with Gasteiger partial charge in [-0.25, -0.2) is 27.2 Å². The SMILES string of the molecule is Cc1ccc(S(=O)(=O)N2CC3(CCN(c4cnc(C=N)c(NCC(F)F)n4)C3)C2)cc1. The van der Waals surface area contributed by atoms with Crippen molar-refractivity contribution < 1.29 is 17.2 Å². The van der Waals surface area contributed by atoms with Crippen LogP contribution < -0.4 is 10.2 Å².